The van der Waals surface area contributed by atoms with Crippen LogP contribution in [0.4, 0.5) is 5.82 Å². The molecule has 1 atom stereocenters. The summed E-state index contributed by atoms with van der Waals surface area (Å²) >= 11 is 0. The summed E-state index contributed by atoms with van der Waals surface area (Å²) in [5, 5.41) is 8.11. The van der Waals surface area contributed by atoms with Crippen LogP contribution in [0.2, 0.25) is 0 Å². The van der Waals surface area contributed by atoms with Gasteiger partial charge in [-0.15, -0.1) is 0 Å². The van der Waals surface area contributed by atoms with Gasteiger partial charge in [0.25, 0.3) is 0 Å². The smallest absolute Gasteiger partial charge is 0.152 e. The summed E-state index contributed by atoms with van der Waals surface area (Å²) in [5.74, 6) is 1.46. The molecule has 2 rings (SSSR count). The van der Waals surface area contributed by atoms with E-state index in [4.69, 9.17) is 5.73 Å². The molecule has 0 bridgehead atoms. The average molecular weight is 289 g/mol. The fourth-order valence-electron chi connectivity index (χ4n) is 2.38. The first-order chi connectivity index (χ1) is 9.81. The van der Waals surface area contributed by atoms with Crippen molar-refractivity contribution in [2.75, 3.05) is 11.9 Å². The molecule has 0 spiro atoms. The predicted octanol–water partition coefficient (Wildman–Crippen LogP) is 2.81. The van der Waals surface area contributed by atoms with E-state index in [1.807, 2.05) is 10.7 Å². The molecule has 0 aliphatic carbocycles. The van der Waals surface area contributed by atoms with Gasteiger partial charge in [0, 0.05) is 30.4 Å². The van der Waals surface area contributed by atoms with Crippen LogP contribution in [0.1, 0.15) is 46.7 Å². The van der Waals surface area contributed by atoms with Crippen LogP contribution in [0.15, 0.2) is 18.5 Å². The summed E-state index contributed by atoms with van der Waals surface area (Å²) in [4.78, 5) is 4.47. The monoisotopic (exact) mass is 289 g/mol. The number of anilines is 1. The molecule has 0 aromatic carbocycles. The minimum atomic E-state index is 0.0223. The van der Waals surface area contributed by atoms with E-state index in [2.05, 4.69) is 56.1 Å². The number of aromatic nitrogens is 3. The van der Waals surface area contributed by atoms with Crippen molar-refractivity contribution in [2.45, 2.75) is 52.5 Å². The van der Waals surface area contributed by atoms with Gasteiger partial charge in [-0.05, 0) is 18.4 Å². The zero-order valence-corrected chi connectivity index (χ0v) is 13.7. The van der Waals surface area contributed by atoms with Crippen LogP contribution in [0.5, 0.6) is 0 Å². The van der Waals surface area contributed by atoms with E-state index in [9.17, 15) is 0 Å². The van der Waals surface area contributed by atoms with Crippen molar-refractivity contribution in [1.29, 1.82) is 0 Å². The Morgan fingerprint density at radius 1 is 1.33 bits per heavy atom. The number of nitrogens with two attached hydrogens (primary N) is 1. The molecule has 0 saturated heterocycles. The van der Waals surface area contributed by atoms with E-state index < -0.39 is 0 Å². The molecule has 5 heteroatoms. The molecule has 3 N–H and O–H groups in total. The van der Waals surface area contributed by atoms with Gasteiger partial charge in [-0.1, -0.05) is 34.6 Å². The standard InChI is InChI=1S/C16H27N5/c1-11(2)8-12(10-17)19-15-13-9-14(16(3,4)5)20-21(13)7-6-18-15/h6-7,9,11-12H,8,10,17H2,1-5H3,(H,18,19). The normalized spacial score (nSPS) is 13.9. The summed E-state index contributed by atoms with van der Waals surface area (Å²) in [6.07, 6.45) is 4.69. The van der Waals surface area contributed by atoms with Crippen molar-refractivity contribution < 1.29 is 0 Å². The molecule has 0 aliphatic rings. The van der Waals surface area contributed by atoms with Gasteiger partial charge in [-0.25, -0.2) is 9.50 Å². The molecule has 5 nitrogen and oxygen atoms in total. The molecule has 21 heavy (non-hydrogen) atoms. The number of nitrogens with zero attached hydrogens (tertiary/aromatic N) is 3. The van der Waals surface area contributed by atoms with Gasteiger partial charge in [0.1, 0.15) is 5.52 Å². The number of nitrogens with one attached hydrogen (secondary N) is 1. The average Bonchev–Trinajstić information content (AvgIpc) is 2.82. The zero-order chi connectivity index (χ0) is 15.6. The van der Waals surface area contributed by atoms with Gasteiger partial charge in [0.2, 0.25) is 0 Å². The van der Waals surface area contributed by atoms with E-state index >= 15 is 0 Å². The van der Waals surface area contributed by atoms with Crippen molar-refractivity contribution >= 4 is 11.3 Å². The second-order valence-corrected chi connectivity index (χ2v) is 7.09. The van der Waals surface area contributed by atoms with Crippen LogP contribution in [0, 0.1) is 5.92 Å². The van der Waals surface area contributed by atoms with Gasteiger partial charge in [0.15, 0.2) is 5.82 Å². The van der Waals surface area contributed by atoms with Crippen LogP contribution in [0.3, 0.4) is 0 Å². The number of fused-ring (bicyclic) bond motifs is 1. The fraction of sp³-hybridized carbons (Fsp3) is 0.625. The lowest BCUT2D eigenvalue weighted by molar-refractivity contribution is 0.521. The molecule has 0 saturated carbocycles. The summed E-state index contributed by atoms with van der Waals surface area (Å²) < 4.78 is 1.89. The lowest BCUT2D eigenvalue weighted by Gasteiger charge is -2.19. The summed E-state index contributed by atoms with van der Waals surface area (Å²) in [5.41, 5.74) is 7.96. The molecule has 2 aromatic rings. The highest BCUT2D eigenvalue weighted by atomic mass is 15.2. The number of hydrogen-bond acceptors (Lipinski definition) is 4. The molecule has 1 unspecified atom stereocenters. The topological polar surface area (TPSA) is 68.2 Å². The Labute approximate surface area is 126 Å². The van der Waals surface area contributed by atoms with Crippen LogP contribution >= 0.6 is 0 Å². The maximum atomic E-state index is 5.87. The Kier molecular flexibility index (Phi) is 4.52. The van der Waals surface area contributed by atoms with Gasteiger partial charge < -0.3 is 11.1 Å². The van der Waals surface area contributed by atoms with E-state index in [1.54, 1.807) is 6.20 Å². The van der Waals surface area contributed by atoms with Crippen LogP contribution < -0.4 is 11.1 Å². The van der Waals surface area contributed by atoms with Crippen molar-refractivity contribution in [2.24, 2.45) is 11.7 Å². The van der Waals surface area contributed by atoms with Gasteiger partial charge in [-0.3, -0.25) is 0 Å². The first-order valence-electron chi connectivity index (χ1n) is 7.62. The van der Waals surface area contributed by atoms with Gasteiger partial charge in [-0.2, -0.15) is 5.10 Å². The molecule has 0 fully saturated rings. The third-order valence-corrected chi connectivity index (χ3v) is 3.54. The highest BCUT2D eigenvalue weighted by Gasteiger charge is 2.20. The minimum Gasteiger partial charge on any atom is -0.364 e. The second kappa shape index (κ2) is 6.02. The zero-order valence-electron chi connectivity index (χ0n) is 13.7. The van der Waals surface area contributed by atoms with Crippen molar-refractivity contribution in [1.82, 2.24) is 14.6 Å². The Morgan fingerprint density at radius 3 is 2.62 bits per heavy atom. The van der Waals surface area contributed by atoms with Gasteiger partial charge in [0.05, 0.1) is 5.69 Å². The number of hydrogen-bond donors (Lipinski definition) is 2. The highest BCUT2D eigenvalue weighted by Crippen LogP contribution is 2.25. The second-order valence-electron chi connectivity index (χ2n) is 7.09. The van der Waals surface area contributed by atoms with Crippen LogP contribution in [0.25, 0.3) is 5.52 Å². The molecular formula is C16H27N5. The Bertz CT molecular complexity index is 594. The van der Waals surface area contributed by atoms with Crippen LogP contribution in [-0.2, 0) is 5.41 Å². The minimum absolute atomic E-state index is 0.0223. The highest BCUT2D eigenvalue weighted by molar-refractivity contribution is 5.68. The maximum absolute atomic E-state index is 5.87. The van der Waals surface area contributed by atoms with E-state index in [0.29, 0.717) is 12.5 Å². The third kappa shape index (κ3) is 3.73. The lowest BCUT2D eigenvalue weighted by Crippen LogP contribution is -2.30. The van der Waals surface area contributed by atoms with E-state index in [1.165, 1.54) is 0 Å². The third-order valence-electron chi connectivity index (χ3n) is 3.54. The maximum Gasteiger partial charge on any atom is 0.152 e. The van der Waals surface area contributed by atoms with Crippen molar-refractivity contribution in [3.05, 3.63) is 24.2 Å². The van der Waals surface area contributed by atoms with Gasteiger partial charge >= 0.3 is 0 Å². The summed E-state index contributed by atoms with van der Waals surface area (Å²) in [7, 11) is 0. The molecular weight excluding hydrogens is 262 g/mol. The van der Waals surface area contributed by atoms with Crippen molar-refractivity contribution in [3.8, 4) is 0 Å². The number of rotatable bonds is 5. The molecule has 2 heterocycles. The summed E-state index contributed by atoms with van der Waals surface area (Å²) in [6, 6.07) is 2.34. The lowest BCUT2D eigenvalue weighted by atomic mass is 9.92. The molecule has 0 aliphatic heterocycles. The Balaban J connectivity index is 2.33. The van der Waals surface area contributed by atoms with E-state index in [0.717, 1.165) is 23.4 Å². The summed E-state index contributed by atoms with van der Waals surface area (Å²) in [6.45, 7) is 11.5. The fourth-order valence-corrected chi connectivity index (χ4v) is 2.38. The Hall–Kier alpha value is -1.62. The Morgan fingerprint density at radius 2 is 2.05 bits per heavy atom. The SMILES string of the molecule is CC(C)CC(CN)Nc1nccn2nc(C(C)(C)C)cc12. The molecule has 116 valence electrons. The molecule has 0 radical (unpaired) electrons. The quantitative estimate of drug-likeness (QED) is 0.888. The molecule has 0 amide bonds. The van der Waals surface area contributed by atoms with Crippen LogP contribution in [-0.4, -0.2) is 27.2 Å². The molecule has 2 aromatic heterocycles. The first-order valence-corrected chi connectivity index (χ1v) is 7.62. The van der Waals surface area contributed by atoms with Crippen molar-refractivity contribution in [3.63, 3.8) is 0 Å². The van der Waals surface area contributed by atoms with E-state index in [-0.39, 0.29) is 11.5 Å². The predicted molar refractivity (Wildman–Crippen MR) is 87.6 cm³/mol. The largest absolute Gasteiger partial charge is 0.364 e. The first kappa shape index (κ1) is 15.8.